The van der Waals surface area contributed by atoms with E-state index in [1.54, 1.807) is 54.6 Å². The molecule has 0 aliphatic carbocycles. The molecule has 3 aromatic rings. The Kier molecular flexibility index (Phi) is 6.72. The number of azo groups is 1. The summed E-state index contributed by atoms with van der Waals surface area (Å²) in [4.78, 5) is 13.0. The minimum absolute atomic E-state index is 0.173. The van der Waals surface area contributed by atoms with Gasteiger partial charge in [0.05, 0.1) is 22.2 Å². The van der Waals surface area contributed by atoms with Crippen molar-refractivity contribution in [3.8, 4) is 0 Å². The Hall–Kier alpha value is -3.36. The zero-order valence-corrected chi connectivity index (χ0v) is 18.3. The zero-order chi connectivity index (χ0) is 22.4. The fourth-order valence-electron chi connectivity index (χ4n) is 3.58. The van der Waals surface area contributed by atoms with E-state index in [0.717, 1.165) is 5.69 Å². The summed E-state index contributed by atoms with van der Waals surface area (Å²) in [5.41, 5.74) is 2.07. The smallest absolute Gasteiger partial charge is 0.243 e. The van der Waals surface area contributed by atoms with Crippen molar-refractivity contribution in [1.82, 2.24) is 4.31 Å². The lowest BCUT2D eigenvalue weighted by atomic mass is 9.98. The maximum atomic E-state index is 12.9. The molecule has 164 valence electrons. The summed E-state index contributed by atoms with van der Waals surface area (Å²) >= 11 is 0. The highest BCUT2D eigenvalue weighted by molar-refractivity contribution is 7.89. The molecule has 0 radical (unpaired) electrons. The third-order valence-electron chi connectivity index (χ3n) is 5.31. The van der Waals surface area contributed by atoms with Crippen molar-refractivity contribution >= 4 is 33.0 Å². The van der Waals surface area contributed by atoms with E-state index in [-0.39, 0.29) is 17.3 Å². The second-order valence-electron chi connectivity index (χ2n) is 7.59. The number of hydrogen-bond donors (Lipinski definition) is 1. The van der Waals surface area contributed by atoms with Gasteiger partial charge in [0.1, 0.15) is 0 Å². The fraction of sp³-hybridized carbons (Fsp3) is 0.208. The Morgan fingerprint density at radius 3 is 2.09 bits per heavy atom. The van der Waals surface area contributed by atoms with Gasteiger partial charge in [-0.1, -0.05) is 36.4 Å². The van der Waals surface area contributed by atoms with Crippen LogP contribution in [0.2, 0.25) is 0 Å². The van der Waals surface area contributed by atoms with Crippen LogP contribution in [-0.4, -0.2) is 31.7 Å². The molecule has 1 amide bonds. The van der Waals surface area contributed by atoms with Crippen LogP contribution in [0.25, 0.3) is 0 Å². The number of nitrogens with one attached hydrogen (secondary N) is 1. The molecule has 0 spiro atoms. The van der Waals surface area contributed by atoms with Crippen LogP contribution in [-0.2, 0) is 14.8 Å². The van der Waals surface area contributed by atoms with Gasteiger partial charge in [-0.3, -0.25) is 4.79 Å². The van der Waals surface area contributed by atoms with Gasteiger partial charge >= 0.3 is 0 Å². The second kappa shape index (κ2) is 9.84. The van der Waals surface area contributed by atoms with E-state index in [0.29, 0.717) is 30.8 Å². The first kappa shape index (κ1) is 21.9. The van der Waals surface area contributed by atoms with E-state index >= 15 is 0 Å². The van der Waals surface area contributed by atoms with Crippen molar-refractivity contribution in [2.45, 2.75) is 17.7 Å². The van der Waals surface area contributed by atoms with Crippen molar-refractivity contribution in [3.05, 3.63) is 84.9 Å². The molecule has 0 aromatic heterocycles. The number of rotatable bonds is 6. The first-order chi connectivity index (χ1) is 15.5. The van der Waals surface area contributed by atoms with Crippen molar-refractivity contribution < 1.29 is 13.2 Å². The summed E-state index contributed by atoms with van der Waals surface area (Å²) in [6.45, 7) is 0.592. The van der Waals surface area contributed by atoms with E-state index in [9.17, 15) is 13.2 Å². The Bertz CT molecular complexity index is 1180. The van der Waals surface area contributed by atoms with Crippen molar-refractivity contribution in [1.29, 1.82) is 0 Å². The van der Waals surface area contributed by atoms with E-state index in [1.807, 2.05) is 30.3 Å². The molecule has 32 heavy (non-hydrogen) atoms. The molecule has 8 heteroatoms. The Balaban J connectivity index is 1.38. The fourth-order valence-corrected chi connectivity index (χ4v) is 5.13. The van der Waals surface area contributed by atoms with Crippen LogP contribution in [0.4, 0.5) is 17.1 Å². The van der Waals surface area contributed by atoms with Gasteiger partial charge in [0, 0.05) is 18.8 Å². The maximum absolute atomic E-state index is 12.9. The molecule has 3 aromatic carbocycles. The van der Waals surface area contributed by atoms with Crippen LogP contribution < -0.4 is 5.32 Å². The molecule has 1 aliphatic rings. The summed E-state index contributed by atoms with van der Waals surface area (Å²) in [5.74, 6) is -0.587. The monoisotopic (exact) mass is 448 g/mol. The first-order valence-electron chi connectivity index (χ1n) is 10.5. The van der Waals surface area contributed by atoms with Crippen LogP contribution in [0.5, 0.6) is 0 Å². The lowest BCUT2D eigenvalue weighted by molar-refractivity contribution is -0.120. The summed E-state index contributed by atoms with van der Waals surface area (Å²) in [5, 5.41) is 11.3. The molecule has 1 N–H and O–H groups in total. The predicted octanol–water partition coefficient (Wildman–Crippen LogP) is 5.14. The van der Waals surface area contributed by atoms with Crippen LogP contribution in [0.3, 0.4) is 0 Å². The molecule has 0 bridgehead atoms. The molecule has 1 unspecified atom stereocenters. The predicted molar refractivity (Wildman–Crippen MR) is 124 cm³/mol. The molecule has 0 saturated carbocycles. The normalized spacial score (nSPS) is 17.3. The number of carbonyl (C=O) groups excluding carboxylic acids is 1. The van der Waals surface area contributed by atoms with Crippen molar-refractivity contribution in [2.75, 3.05) is 18.4 Å². The number of sulfonamides is 1. The topological polar surface area (TPSA) is 91.2 Å². The number of anilines is 1. The van der Waals surface area contributed by atoms with Crippen LogP contribution in [0.1, 0.15) is 12.8 Å². The lowest BCUT2D eigenvalue weighted by Gasteiger charge is -2.31. The third-order valence-corrected chi connectivity index (χ3v) is 7.19. The highest BCUT2D eigenvalue weighted by Crippen LogP contribution is 2.25. The Labute approximate surface area is 187 Å². The summed E-state index contributed by atoms with van der Waals surface area (Å²) in [6, 6.07) is 24.8. The molecule has 1 heterocycles. The minimum Gasteiger partial charge on any atom is -0.326 e. The molecule has 1 aliphatic heterocycles. The Morgan fingerprint density at radius 1 is 0.844 bits per heavy atom. The largest absolute Gasteiger partial charge is 0.326 e. The molecule has 1 fully saturated rings. The lowest BCUT2D eigenvalue weighted by Crippen LogP contribution is -2.43. The average molecular weight is 449 g/mol. The SMILES string of the molecule is O=C(Nc1ccc(N=Nc2ccccc2)cc1)C1CCCN(S(=O)(=O)c2ccccc2)C1. The summed E-state index contributed by atoms with van der Waals surface area (Å²) in [7, 11) is -3.61. The molecular formula is C24H24N4O3S. The molecular weight excluding hydrogens is 424 g/mol. The van der Waals surface area contributed by atoms with E-state index in [1.165, 1.54) is 4.31 Å². The van der Waals surface area contributed by atoms with Gasteiger partial charge in [0.25, 0.3) is 0 Å². The second-order valence-corrected chi connectivity index (χ2v) is 9.52. The van der Waals surface area contributed by atoms with E-state index in [2.05, 4.69) is 15.5 Å². The first-order valence-corrected chi connectivity index (χ1v) is 11.9. The van der Waals surface area contributed by atoms with Gasteiger partial charge in [-0.05, 0) is 61.4 Å². The Morgan fingerprint density at radius 2 is 1.44 bits per heavy atom. The van der Waals surface area contributed by atoms with E-state index < -0.39 is 15.9 Å². The molecule has 4 rings (SSSR count). The van der Waals surface area contributed by atoms with E-state index in [4.69, 9.17) is 0 Å². The molecule has 1 atom stereocenters. The molecule has 7 nitrogen and oxygen atoms in total. The summed E-state index contributed by atoms with van der Waals surface area (Å²) in [6.07, 6.45) is 1.29. The average Bonchev–Trinajstić information content (AvgIpc) is 2.85. The van der Waals surface area contributed by atoms with Crippen LogP contribution in [0, 0.1) is 5.92 Å². The highest BCUT2D eigenvalue weighted by atomic mass is 32.2. The zero-order valence-electron chi connectivity index (χ0n) is 17.5. The van der Waals surface area contributed by atoms with Gasteiger partial charge in [0.15, 0.2) is 0 Å². The number of benzene rings is 3. The molecule has 1 saturated heterocycles. The van der Waals surface area contributed by atoms with Crippen molar-refractivity contribution in [3.63, 3.8) is 0 Å². The summed E-state index contributed by atoms with van der Waals surface area (Å²) < 4.78 is 27.2. The van der Waals surface area contributed by atoms with Gasteiger partial charge < -0.3 is 5.32 Å². The van der Waals surface area contributed by atoms with Crippen LogP contribution >= 0.6 is 0 Å². The minimum atomic E-state index is -3.61. The number of piperidine rings is 1. The van der Waals surface area contributed by atoms with Crippen LogP contribution in [0.15, 0.2) is 100 Å². The van der Waals surface area contributed by atoms with Gasteiger partial charge in [-0.25, -0.2) is 8.42 Å². The number of hydrogen-bond acceptors (Lipinski definition) is 5. The highest BCUT2D eigenvalue weighted by Gasteiger charge is 2.33. The third kappa shape index (κ3) is 5.27. The van der Waals surface area contributed by atoms with Gasteiger partial charge in [-0.15, -0.1) is 0 Å². The maximum Gasteiger partial charge on any atom is 0.243 e. The number of carbonyl (C=O) groups is 1. The standard InChI is InChI=1S/C24H24N4O3S/c29-24(19-8-7-17-28(18-19)32(30,31)23-11-5-2-6-12-23)25-20-13-15-22(16-14-20)27-26-21-9-3-1-4-10-21/h1-6,9-16,19H,7-8,17-18H2,(H,25,29). The number of amides is 1. The van der Waals surface area contributed by atoms with Crippen molar-refractivity contribution in [2.24, 2.45) is 16.1 Å². The van der Waals surface area contributed by atoms with Gasteiger partial charge in [-0.2, -0.15) is 14.5 Å². The number of nitrogens with zero attached hydrogens (tertiary/aromatic N) is 3. The van der Waals surface area contributed by atoms with Gasteiger partial charge in [0.2, 0.25) is 15.9 Å². The quantitative estimate of drug-likeness (QED) is 0.529.